The molecule has 0 atom stereocenters. The molecule has 2 aromatic heterocycles. The van der Waals surface area contributed by atoms with E-state index in [1.165, 1.54) is 16.4 Å². The van der Waals surface area contributed by atoms with E-state index in [4.69, 9.17) is 4.74 Å². The van der Waals surface area contributed by atoms with Crippen LogP contribution in [0.3, 0.4) is 0 Å². The van der Waals surface area contributed by atoms with Gasteiger partial charge in [0.1, 0.15) is 23.3 Å². The number of aromatic nitrogens is 3. The Bertz CT molecular complexity index is 935. The molecule has 0 saturated carbocycles. The van der Waals surface area contributed by atoms with Crippen molar-refractivity contribution < 1.29 is 9.53 Å². The Labute approximate surface area is 154 Å². The van der Waals surface area contributed by atoms with Crippen LogP contribution in [0.15, 0.2) is 59.8 Å². The highest BCUT2D eigenvalue weighted by atomic mass is 32.2. The quantitative estimate of drug-likeness (QED) is 0.694. The molecule has 1 amide bonds. The van der Waals surface area contributed by atoms with Gasteiger partial charge in [-0.3, -0.25) is 5.32 Å². The molecule has 0 aliphatic carbocycles. The number of nitrogens with one attached hydrogen (secondary N) is 1. The molecule has 0 aliphatic heterocycles. The SMILES string of the molecule is CSc1nn(-c2ccccn2)c(NC(=O)OCc2ccccc2)c1C#N. The lowest BCUT2D eigenvalue weighted by molar-refractivity contribution is 0.155. The van der Waals surface area contributed by atoms with Crippen molar-refractivity contribution in [2.45, 2.75) is 11.6 Å². The molecule has 26 heavy (non-hydrogen) atoms. The van der Waals surface area contributed by atoms with Gasteiger partial charge < -0.3 is 4.74 Å². The number of carbonyl (C=O) groups is 1. The molecule has 0 fully saturated rings. The summed E-state index contributed by atoms with van der Waals surface area (Å²) in [5.74, 6) is 0.719. The summed E-state index contributed by atoms with van der Waals surface area (Å²) in [6, 6.07) is 16.7. The van der Waals surface area contributed by atoms with Crippen LogP contribution in [0.1, 0.15) is 11.1 Å². The van der Waals surface area contributed by atoms with Crippen molar-refractivity contribution >= 4 is 23.7 Å². The first-order chi connectivity index (χ1) is 12.7. The largest absolute Gasteiger partial charge is 0.444 e. The summed E-state index contributed by atoms with van der Waals surface area (Å²) < 4.78 is 6.66. The number of amides is 1. The molecule has 0 unspecified atom stereocenters. The van der Waals surface area contributed by atoms with Crippen LogP contribution >= 0.6 is 11.8 Å². The van der Waals surface area contributed by atoms with Gasteiger partial charge in [0.25, 0.3) is 0 Å². The van der Waals surface area contributed by atoms with Gasteiger partial charge in [-0.1, -0.05) is 36.4 Å². The lowest BCUT2D eigenvalue weighted by Crippen LogP contribution is -2.17. The zero-order chi connectivity index (χ0) is 18.4. The zero-order valence-corrected chi connectivity index (χ0v) is 14.7. The average molecular weight is 365 g/mol. The van der Waals surface area contributed by atoms with Crippen molar-refractivity contribution in [2.24, 2.45) is 0 Å². The molecular weight excluding hydrogens is 350 g/mol. The lowest BCUT2D eigenvalue weighted by atomic mass is 10.2. The third-order valence-electron chi connectivity index (χ3n) is 3.46. The van der Waals surface area contributed by atoms with Crippen molar-refractivity contribution in [3.8, 4) is 11.9 Å². The summed E-state index contributed by atoms with van der Waals surface area (Å²) in [6.45, 7) is 0.127. The molecule has 130 valence electrons. The smallest absolute Gasteiger partial charge is 0.413 e. The van der Waals surface area contributed by atoms with Crippen LogP contribution in [0, 0.1) is 11.3 Å². The molecule has 0 saturated heterocycles. The van der Waals surface area contributed by atoms with Gasteiger partial charge in [0.05, 0.1) is 0 Å². The second-order valence-electron chi connectivity index (χ2n) is 5.13. The summed E-state index contributed by atoms with van der Waals surface area (Å²) in [4.78, 5) is 16.4. The molecular formula is C18H15N5O2S. The van der Waals surface area contributed by atoms with Gasteiger partial charge in [0, 0.05) is 6.20 Å². The molecule has 2 heterocycles. The first kappa shape index (κ1) is 17.5. The molecule has 8 heteroatoms. The maximum Gasteiger partial charge on any atom is 0.413 e. The van der Waals surface area contributed by atoms with Crippen LogP contribution in [0.2, 0.25) is 0 Å². The van der Waals surface area contributed by atoms with Gasteiger partial charge in [0.15, 0.2) is 11.6 Å². The number of ether oxygens (including phenoxy) is 1. The third kappa shape index (κ3) is 3.84. The van der Waals surface area contributed by atoms with Gasteiger partial charge in [0.2, 0.25) is 0 Å². The van der Waals surface area contributed by atoms with Crippen molar-refractivity contribution in [3.63, 3.8) is 0 Å². The maximum absolute atomic E-state index is 12.2. The summed E-state index contributed by atoms with van der Waals surface area (Å²) in [5.41, 5.74) is 1.13. The van der Waals surface area contributed by atoms with Crippen molar-refractivity contribution in [2.75, 3.05) is 11.6 Å². The summed E-state index contributed by atoms with van der Waals surface area (Å²) >= 11 is 1.31. The number of anilines is 1. The van der Waals surface area contributed by atoms with E-state index in [0.29, 0.717) is 10.8 Å². The predicted octanol–water partition coefficient (Wildman–Crippen LogP) is 3.61. The van der Waals surface area contributed by atoms with Crippen LogP contribution in [-0.4, -0.2) is 27.1 Å². The van der Waals surface area contributed by atoms with E-state index in [2.05, 4.69) is 21.5 Å². The summed E-state index contributed by atoms with van der Waals surface area (Å²) in [6.07, 6.45) is 2.75. The second-order valence-corrected chi connectivity index (χ2v) is 5.93. The minimum absolute atomic E-state index is 0.127. The Hall–Kier alpha value is -3.31. The van der Waals surface area contributed by atoms with E-state index in [9.17, 15) is 10.1 Å². The van der Waals surface area contributed by atoms with E-state index in [1.54, 1.807) is 24.4 Å². The van der Waals surface area contributed by atoms with Gasteiger partial charge in [-0.05, 0) is 24.0 Å². The topological polar surface area (TPSA) is 92.8 Å². The highest BCUT2D eigenvalue weighted by Crippen LogP contribution is 2.28. The van der Waals surface area contributed by atoms with Crippen LogP contribution < -0.4 is 5.32 Å². The van der Waals surface area contributed by atoms with Gasteiger partial charge in [-0.25, -0.2) is 9.78 Å². The van der Waals surface area contributed by atoms with Crippen LogP contribution in [0.4, 0.5) is 10.6 Å². The molecule has 1 N–H and O–H groups in total. The number of benzene rings is 1. The highest BCUT2D eigenvalue weighted by molar-refractivity contribution is 7.98. The number of thioether (sulfide) groups is 1. The van der Waals surface area contributed by atoms with Gasteiger partial charge in [-0.2, -0.15) is 15.0 Å². The molecule has 1 aromatic carbocycles. The third-order valence-corrected chi connectivity index (χ3v) is 4.13. The zero-order valence-electron chi connectivity index (χ0n) is 13.9. The Morgan fingerprint density at radius 3 is 2.69 bits per heavy atom. The Balaban J connectivity index is 1.85. The minimum Gasteiger partial charge on any atom is -0.444 e. The molecule has 0 radical (unpaired) electrons. The summed E-state index contributed by atoms with van der Waals surface area (Å²) in [5, 5.41) is 17.0. The molecule has 0 spiro atoms. The van der Waals surface area contributed by atoms with Crippen molar-refractivity contribution in [1.29, 1.82) is 5.26 Å². The second kappa shape index (κ2) is 8.18. The molecule has 3 aromatic rings. The van der Waals surface area contributed by atoms with Crippen molar-refractivity contribution in [1.82, 2.24) is 14.8 Å². The van der Waals surface area contributed by atoms with E-state index in [-0.39, 0.29) is 18.0 Å². The number of pyridine rings is 1. The molecule has 0 bridgehead atoms. The Kier molecular flexibility index (Phi) is 5.51. The monoisotopic (exact) mass is 365 g/mol. The van der Waals surface area contributed by atoms with E-state index >= 15 is 0 Å². The number of nitriles is 1. The fourth-order valence-corrected chi connectivity index (χ4v) is 2.77. The first-order valence-electron chi connectivity index (χ1n) is 7.69. The Morgan fingerprint density at radius 1 is 1.27 bits per heavy atom. The number of rotatable bonds is 5. The minimum atomic E-state index is -0.671. The highest BCUT2D eigenvalue weighted by Gasteiger charge is 2.21. The number of hydrogen-bond donors (Lipinski definition) is 1. The first-order valence-corrected chi connectivity index (χ1v) is 8.91. The van der Waals surface area contributed by atoms with Crippen LogP contribution in [0.25, 0.3) is 5.82 Å². The van der Waals surface area contributed by atoms with E-state index < -0.39 is 6.09 Å². The van der Waals surface area contributed by atoms with E-state index in [0.717, 1.165) is 5.56 Å². The fourth-order valence-electron chi connectivity index (χ4n) is 2.26. The molecule has 3 rings (SSSR count). The normalized spacial score (nSPS) is 10.2. The van der Waals surface area contributed by atoms with Crippen molar-refractivity contribution in [3.05, 3.63) is 65.9 Å². The predicted molar refractivity (Wildman–Crippen MR) is 98.1 cm³/mol. The lowest BCUT2D eigenvalue weighted by Gasteiger charge is -2.09. The van der Waals surface area contributed by atoms with Gasteiger partial charge >= 0.3 is 6.09 Å². The van der Waals surface area contributed by atoms with Gasteiger partial charge in [-0.15, -0.1) is 11.8 Å². The van der Waals surface area contributed by atoms with Crippen LogP contribution in [0.5, 0.6) is 0 Å². The molecule has 0 aliphatic rings. The van der Waals surface area contributed by atoms with Crippen LogP contribution in [-0.2, 0) is 11.3 Å². The van der Waals surface area contributed by atoms with E-state index in [1.807, 2.05) is 36.6 Å². The maximum atomic E-state index is 12.2. The summed E-state index contributed by atoms with van der Waals surface area (Å²) in [7, 11) is 0. The number of carbonyl (C=O) groups excluding carboxylic acids is 1. The molecule has 7 nitrogen and oxygen atoms in total. The fraction of sp³-hybridized carbons (Fsp3) is 0.111. The number of hydrogen-bond acceptors (Lipinski definition) is 6. The standard InChI is InChI=1S/C18H15N5O2S/c1-26-17-14(11-19)16(23(22-17)15-9-5-6-10-20-15)21-18(24)25-12-13-7-3-2-4-8-13/h2-10H,12H2,1H3,(H,21,24). The average Bonchev–Trinajstić information content (AvgIpc) is 3.05. The Morgan fingerprint density at radius 2 is 2.04 bits per heavy atom. The number of nitrogens with zero attached hydrogens (tertiary/aromatic N) is 4.